The second kappa shape index (κ2) is 11.4. The Kier molecular flexibility index (Phi) is 13.2. The Hall–Kier alpha value is 0.840. The van der Waals surface area contributed by atoms with Crippen molar-refractivity contribution in [3.05, 3.63) is 0 Å². The van der Waals surface area contributed by atoms with Gasteiger partial charge in [0.05, 0.1) is 0 Å². The fourth-order valence-electron chi connectivity index (χ4n) is 2.55. The summed E-state index contributed by atoms with van der Waals surface area (Å²) >= 11 is 12.8. The number of hydrogen-bond donors (Lipinski definition) is 1. The van der Waals surface area contributed by atoms with Crippen molar-refractivity contribution in [3.8, 4) is 0 Å². The van der Waals surface area contributed by atoms with Crippen LogP contribution in [0.25, 0.3) is 0 Å². The summed E-state index contributed by atoms with van der Waals surface area (Å²) in [6, 6.07) is 0. The van der Waals surface area contributed by atoms with Gasteiger partial charge in [0, 0.05) is 0 Å². The first-order valence-electron chi connectivity index (χ1n) is 7.49. The molecule has 0 fully saturated rings. The van der Waals surface area contributed by atoms with E-state index in [-0.39, 0.29) is 23.7 Å². The summed E-state index contributed by atoms with van der Waals surface area (Å²) in [7, 11) is 0. The van der Waals surface area contributed by atoms with Crippen LogP contribution in [0.3, 0.4) is 0 Å². The quantitative estimate of drug-likeness (QED) is 0.282. The number of carbonyl (C=O) groups is 1. The van der Waals surface area contributed by atoms with E-state index in [0.717, 1.165) is 38.5 Å². The van der Waals surface area contributed by atoms with Crippen LogP contribution in [0.15, 0.2) is 0 Å². The minimum absolute atomic E-state index is 0. The standard InChI is InChI=1S/C15H28Cl2O2.H2Te/c1-4-7-9-11-14(13(18)19,12-10-8-5-2)15(16,17)6-3;/h4-12H2,1-3H3,(H,18,19);1H2. The molecule has 0 bridgehead atoms. The van der Waals surface area contributed by atoms with Crippen LogP contribution in [0.1, 0.15) is 78.6 Å². The van der Waals surface area contributed by atoms with E-state index in [1.54, 1.807) is 0 Å². The molecule has 0 saturated carbocycles. The normalized spacial score (nSPS) is 12.1. The summed E-state index contributed by atoms with van der Waals surface area (Å²) in [5.41, 5.74) is -1.00. The van der Waals surface area contributed by atoms with E-state index in [2.05, 4.69) is 13.8 Å². The van der Waals surface area contributed by atoms with Crippen LogP contribution in [-0.2, 0) is 4.79 Å². The number of rotatable bonds is 11. The topological polar surface area (TPSA) is 37.3 Å². The maximum absolute atomic E-state index is 11.8. The molecule has 0 atom stereocenters. The molecular weight excluding hydrogens is 411 g/mol. The zero-order valence-corrected chi connectivity index (χ0v) is 17.3. The van der Waals surface area contributed by atoms with Crippen molar-refractivity contribution in [2.24, 2.45) is 5.41 Å². The Morgan fingerprint density at radius 1 is 0.950 bits per heavy atom. The second-order valence-electron chi connectivity index (χ2n) is 5.36. The molecule has 0 amide bonds. The Bertz CT molecular complexity index is 261. The van der Waals surface area contributed by atoms with Crippen molar-refractivity contribution in [3.63, 3.8) is 0 Å². The molecule has 0 heterocycles. The van der Waals surface area contributed by atoms with Gasteiger partial charge >= 0.3 is 29.6 Å². The zero-order valence-electron chi connectivity index (χ0n) is 13.0. The fourth-order valence-corrected chi connectivity index (χ4v) is 3.09. The molecule has 0 rings (SSSR count). The van der Waals surface area contributed by atoms with Gasteiger partial charge in [-0.2, -0.15) is 0 Å². The number of unbranched alkanes of at least 4 members (excludes halogenated alkanes) is 4. The van der Waals surface area contributed by atoms with Gasteiger partial charge in [0.1, 0.15) is 9.75 Å². The van der Waals surface area contributed by atoms with Gasteiger partial charge in [-0.05, 0) is 19.3 Å². The molecule has 0 aliphatic carbocycles. The molecule has 0 spiro atoms. The molecule has 0 saturated heterocycles. The van der Waals surface area contributed by atoms with Crippen molar-refractivity contribution in [1.29, 1.82) is 0 Å². The van der Waals surface area contributed by atoms with Crippen molar-refractivity contribution < 1.29 is 9.90 Å². The van der Waals surface area contributed by atoms with E-state index in [4.69, 9.17) is 23.2 Å². The van der Waals surface area contributed by atoms with Gasteiger partial charge < -0.3 is 5.11 Å². The molecule has 0 aliphatic rings. The summed E-state index contributed by atoms with van der Waals surface area (Å²) in [6.45, 7) is 6.07. The number of hydrogen-bond acceptors (Lipinski definition) is 1. The van der Waals surface area contributed by atoms with Gasteiger partial charge in [0.2, 0.25) is 0 Å². The number of alkyl halides is 2. The molecule has 0 aromatic carbocycles. The Morgan fingerprint density at radius 3 is 1.60 bits per heavy atom. The predicted molar refractivity (Wildman–Crippen MR) is 91.6 cm³/mol. The Morgan fingerprint density at radius 2 is 1.35 bits per heavy atom. The number of halogens is 2. The predicted octanol–water partition coefficient (Wildman–Crippen LogP) is 4.89. The number of aliphatic carboxylic acids is 1. The third-order valence-electron chi connectivity index (χ3n) is 3.97. The fraction of sp³-hybridized carbons (Fsp3) is 0.933. The maximum atomic E-state index is 11.8. The molecule has 0 aromatic heterocycles. The average molecular weight is 441 g/mol. The molecule has 0 radical (unpaired) electrons. The van der Waals surface area contributed by atoms with E-state index in [1.165, 1.54) is 0 Å². The van der Waals surface area contributed by atoms with E-state index in [9.17, 15) is 9.90 Å². The molecule has 1 N–H and O–H groups in total. The van der Waals surface area contributed by atoms with E-state index in [1.807, 2.05) is 6.92 Å². The first kappa shape index (κ1) is 23.1. The van der Waals surface area contributed by atoms with Gasteiger partial charge in [-0.3, -0.25) is 4.79 Å². The van der Waals surface area contributed by atoms with E-state index in [0.29, 0.717) is 19.3 Å². The van der Waals surface area contributed by atoms with Crippen LogP contribution in [-0.4, -0.2) is 39.1 Å². The number of carboxylic acids is 1. The van der Waals surface area contributed by atoms with Crippen LogP contribution in [0.5, 0.6) is 0 Å². The molecule has 20 heavy (non-hydrogen) atoms. The summed E-state index contributed by atoms with van der Waals surface area (Å²) in [4.78, 5) is 11.8. The van der Waals surface area contributed by atoms with Gasteiger partial charge in [-0.25, -0.2) is 0 Å². The van der Waals surface area contributed by atoms with Crippen LogP contribution < -0.4 is 0 Å². The Balaban J connectivity index is 0. The first-order valence-corrected chi connectivity index (χ1v) is 8.24. The van der Waals surface area contributed by atoms with Crippen molar-refractivity contribution >= 4 is 52.8 Å². The minimum atomic E-state index is -1.18. The van der Waals surface area contributed by atoms with Crippen LogP contribution in [0, 0.1) is 5.41 Å². The van der Waals surface area contributed by atoms with Crippen molar-refractivity contribution in [1.82, 2.24) is 0 Å². The van der Waals surface area contributed by atoms with Gasteiger partial charge in [-0.15, -0.1) is 23.2 Å². The summed E-state index contributed by atoms with van der Waals surface area (Å²) < 4.78 is -1.18. The van der Waals surface area contributed by atoms with E-state index >= 15 is 0 Å². The molecule has 122 valence electrons. The van der Waals surface area contributed by atoms with Gasteiger partial charge in [0.25, 0.3) is 0 Å². The summed E-state index contributed by atoms with van der Waals surface area (Å²) in [5, 5.41) is 9.72. The molecule has 0 aromatic rings. The van der Waals surface area contributed by atoms with Crippen LogP contribution >= 0.6 is 23.2 Å². The molecule has 5 heteroatoms. The third-order valence-corrected chi connectivity index (χ3v) is 5.23. The van der Waals surface area contributed by atoms with Gasteiger partial charge in [-0.1, -0.05) is 59.3 Å². The summed E-state index contributed by atoms with van der Waals surface area (Å²) in [6.07, 6.45) is 7.52. The average Bonchev–Trinajstić information content (AvgIpc) is 2.36. The second-order valence-corrected chi connectivity index (χ2v) is 6.84. The van der Waals surface area contributed by atoms with Crippen LogP contribution in [0.2, 0.25) is 0 Å². The third kappa shape index (κ3) is 6.30. The first-order chi connectivity index (χ1) is 8.88. The number of carboxylic acid groups (broad SMARTS) is 1. The molecular formula is C15H30Cl2O2Te. The van der Waals surface area contributed by atoms with Crippen LogP contribution in [0.4, 0.5) is 0 Å². The molecule has 0 aliphatic heterocycles. The Labute approximate surface area is 150 Å². The monoisotopic (exact) mass is 442 g/mol. The molecule has 0 unspecified atom stereocenters. The van der Waals surface area contributed by atoms with Gasteiger partial charge in [0.15, 0.2) is 0 Å². The zero-order chi connectivity index (χ0) is 14.9. The van der Waals surface area contributed by atoms with Crippen molar-refractivity contribution in [2.45, 2.75) is 82.9 Å². The molecule has 2 nitrogen and oxygen atoms in total. The SMILES string of the molecule is CCCCCC(CCCCC)(C(=O)O)C(Cl)(Cl)CC.[TeH2]. The van der Waals surface area contributed by atoms with E-state index < -0.39 is 15.7 Å². The van der Waals surface area contributed by atoms with Crippen molar-refractivity contribution in [2.75, 3.05) is 0 Å². The summed E-state index contributed by atoms with van der Waals surface area (Å²) in [5.74, 6) is -0.841.